The predicted molar refractivity (Wildman–Crippen MR) is 76.0 cm³/mol. The van der Waals surface area contributed by atoms with Crippen LogP contribution < -0.4 is 4.74 Å². The van der Waals surface area contributed by atoms with Gasteiger partial charge in [0.05, 0.1) is 11.3 Å². The van der Waals surface area contributed by atoms with Crippen LogP contribution in [-0.2, 0) is 6.61 Å². The molecule has 0 aliphatic heterocycles. The van der Waals surface area contributed by atoms with Crippen LogP contribution in [0.2, 0.25) is 0 Å². The van der Waals surface area contributed by atoms with Crippen molar-refractivity contribution in [2.75, 3.05) is 0 Å². The minimum atomic E-state index is -0.976. The lowest BCUT2D eigenvalue weighted by Gasteiger charge is -2.05. The summed E-state index contributed by atoms with van der Waals surface area (Å²) in [5.41, 5.74) is 1.67. The molecule has 5 heteroatoms. The average molecular weight is 285 g/mol. The van der Waals surface area contributed by atoms with Crippen LogP contribution in [0.15, 0.2) is 48.5 Å². The number of aromatic nitrogens is 1. The van der Waals surface area contributed by atoms with Crippen molar-refractivity contribution >= 4 is 16.9 Å². The highest BCUT2D eigenvalue weighted by molar-refractivity contribution is 5.93. The lowest BCUT2D eigenvalue weighted by molar-refractivity contribution is 0.0697. The van der Waals surface area contributed by atoms with Crippen molar-refractivity contribution in [1.82, 2.24) is 4.98 Å². The SMILES string of the molecule is O=C(O)c1ccc2cc(COc3ccccc3F)[nH]c2c1. The maximum Gasteiger partial charge on any atom is 0.335 e. The van der Waals surface area contributed by atoms with Gasteiger partial charge in [-0.05, 0) is 35.7 Å². The summed E-state index contributed by atoms with van der Waals surface area (Å²) in [6, 6.07) is 12.9. The van der Waals surface area contributed by atoms with Gasteiger partial charge in [-0.3, -0.25) is 0 Å². The summed E-state index contributed by atoms with van der Waals surface area (Å²) in [6.45, 7) is 0.179. The van der Waals surface area contributed by atoms with Crippen LogP contribution in [-0.4, -0.2) is 16.1 Å². The van der Waals surface area contributed by atoms with Gasteiger partial charge in [-0.25, -0.2) is 9.18 Å². The van der Waals surface area contributed by atoms with Crippen LogP contribution >= 0.6 is 0 Å². The Balaban J connectivity index is 1.82. The Kier molecular flexibility index (Phi) is 3.31. The third-order valence-corrected chi connectivity index (χ3v) is 3.15. The number of hydrogen-bond donors (Lipinski definition) is 2. The van der Waals surface area contributed by atoms with E-state index in [1.165, 1.54) is 6.07 Å². The number of carboxylic acids is 1. The third-order valence-electron chi connectivity index (χ3n) is 3.15. The Morgan fingerprint density at radius 3 is 2.76 bits per heavy atom. The van der Waals surface area contributed by atoms with E-state index < -0.39 is 11.8 Å². The number of H-pyrrole nitrogens is 1. The number of hydrogen-bond acceptors (Lipinski definition) is 2. The zero-order valence-corrected chi connectivity index (χ0v) is 11.0. The summed E-state index contributed by atoms with van der Waals surface area (Å²) < 4.78 is 18.8. The lowest BCUT2D eigenvalue weighted by Crippen LogP contribution is -1.97. The van der Waals surface area contributed by atoms with Gasteiger partial charge in [-0.1, -0.05) is 18.2 Å². The molecule has 0 saturated heterocycles. The molecule has 0 aliphatic rings. The number of ether oxygens (including phenoxy) is 1. The fraction of sp³-hybridized carbons (Fsp3) is 0.0625. The normalized spacial score (nSPS) is 10.7. The number of carbonyl (C=O) groups is 1. The minimum absolute atomic E-state index is 0.179. The molecule has 3 aromatic rings. The molecule has 1 heterocycles. The third kappa shape index (κ3) is 2.72. The zero-order valence-electron chi connectivity index (χ0n) is 11.0. The lowest BCUT2D eigenvalue weighted by atomic mass is 10.2. The van der Waals surface area contributed by atoms with Crippen LogP contribution in [0, 0.1) is 5.82 Å². The molecular weight excluding hydrogens is 273 g/mol. The number of rotatable bonds is 4. The van der Waals surface area contributed by atoms with Crippen LogP contribution in [0.1, 0.15) is 16.1 Å². The van der Waals surface area contributed by atoms with Gasteiger partial charge in [0.15, 0.2) is 11.6 Å². The number of benzene rings is 2. The summed E-state index contributed by atoms with van der Waals surface area (Å²) in [6.07, 6.45) is 0. The Morgan fingerprint density at radius 1 is 1.19 bits per heavy atom. The van der Waals surface area contributed by atoms with Gasteiger partial charge in [0.1, 0.15) is 6.61 Å². The molecule has 0 aliphatic carbocycles. The average Bonchev–Trinajstić information content (AvgIpc) is 2.88. The van der Waals surface area contributed by atoms with E-state index in [2.05, 4.69) is 4.98 Å². The number of nitrogens with one attached hydrogen (secondary N) is 1. The summed E-state index contributed by atoms with van der Waals surface area (Å²) in [5.74, 6) is -1.21. The van der Waals surface area contributed by atoms with E-state index in [0.29, 0.717) is 5.52 Å². The van der Waals surface area contributed by atoms with Gasteiger partial charge >= 0.3 is 5.97 Å². The summed E-state index contributed by atoms with van der Waals surface area (Å²) in [7, 11) is 0. The second-order valence-electron chi connectivity index (χ2n) is 4.62. The molecule has 0 spiro atoms. The van der Waals surface area contributed by atoms with E-state index in [1.54, 1.807) is 36.4 Å². The first-order chi connectivity index (χ1) is 10.1. The molecule has 0 unspecified atom stereocenters. The standard InChI is InChI=1S/C16H12FNO3/c17-13-3-1-2-4-15(13)21-9-12-7-10-5-6-11(16(19)20)8-14(10)18-12/h1-8,18H,9H2,(H,19,20). The van der Waals surface area contributed by atoms with Gasteiger partial charge in [0.25, 0.3) is 0 Å². The molecule has 0 radical (unpaired) electrons. The Morgan fingerprint density at radius 2 is 2.00 bits per heavy atom. The predicted octanol–water partition coefficient (Wildman–Crippen LogP) is 3.58. The van der Waals surface area contributed by atoms with Crippen molar-refractivity contribution in [2.24, 2.45) is 0 Å². The summed E-state index contributed by atoms with van der Waals surface area (Å²) >= 11 is 0. The van der Waals surface area contributed by atoms with Crippen molar-refractivity contribution in [1.29, 1.82) is 0 Å². The fourth-order valence-electron chi connectivity index (χ4n) is 2.12. The molecule has 106 valence electrons. The first-order valence-corrected chi connectivity index (χ1v) is 6.36. The van der Waals surface area contributed by atoms with E-state index in [1.807, 2.05) is 6.07 Å². The molecular formula is C16H12FNO3. The highest BCUT2D eigenvalue weighted by Gasteiger charge is 2.07. The molecule has 0 fully saturated rings. The number of aromatic amines is 1. The molecule has 4 nitrogen and oxygen atoms in total. The highest BCUT2D eigenvalue weighted by atomic mass is 19.1. The van der Waals surface area contributed by atoms with Gasteiger partial charge in [-0.15, -0.1) is 0 Å². The second-order valence-corrected chi connectivity index (χ2v) is 4.62. The molecule has 1 aromatic heterocycles. The largest absolute Gasteiger partial charge is 0.484 e. The molecule has 0 atom stereocenters. The topological polar surface area (TPSA) is 62.3 Å². The number of aromatic carboxylic acids is 1. The monoisotopic (exact) mass is 285 g/mol. The van der Waals surface area contributed by atoms with E-state index in [0.717, 1.165) is 11.1 Å². The minimum Gasteiger partial charge on any atom is -0.484 e. The molecule has 3 rings (SSSR count). The Labute approximate surface area is 119 Å². The summed E-state index contributed by atoms with van der Waals surface area (Å²) in [4.78, 5) is 14.0. The van der Waals surface area contributed by atoms with Gasteiger partial charge in [0.2, 0.25) is 0 Å². The quantitative estimate of drug-likeness (QED) is 0.770. The number of halogens is 1. The van der Waals surface area contributed by atoms with Gasteiger partial charge < -0.3 is 14.8 Å². The van der Waals surface area contributed by atoms with Crippen molar-refractivity contribution in [3.63, 3.8) is 0 Å². The Bertz CT molecular complexity index is 810. The first kappa shape index (κ1) is 13.2. The zero-order chi connectivity index (χ0) is 14.8. The summed E-state index contributed by atoms with van der Waals surface area (Å²) in [5, 5.41) is 9.84. The van der Waals surface area contributed by atoms with Crippen LogP contribution in [0.3, 0.4) is 0 Å². The van der Waals surface area contributed by atoms with Gasteiger partial charge in [-0.2, -0.15) is 0 Å². The molecule has 21 heavy (non-hydrogen) atoms. The van der Waals surface area contributed by atoms with Crippen molar-refractivity contribution < 1.29 is 19.0 Å². The van der Waals surface area contributed by atoms with Crippen LogP contribution in [0.5, 0.6) is 5.75 Å². The van der Waals surface area contributed by atoms with E-state index >= 15 is 0 Å². The van der Waals surface area contributed by atoms with E-state index in [4.69, 9.17) is 9.84 Å². The smallest absolute Gasteiger partial charge is 0.335 e. The van der Waals surface area contributed by atoms with E-state index in [-0.39, 0.29) is 17.9 Å². The molecule has 0 saturated carbocycles. The number of para-hydroxylation sites is 1. The maximum atomic E-state index is 13.4. The van der Waals surface area contributed by atoms with Crippen LogP contribution in [0.4, 0.5) is 4.39 Å². The van der Waals surface area contributed by atoms with Crippen molar-refractivity contribution in [2.45, 2.75) is 6.61 Å². The fourth-order valence-corrected chi connectivity index (χ4v) is 2.12. The molecule has 2 N–H and O–H groups in total. The van der Waals surface area contributed by atoms with E-state index in [9.17, 15) is 9.18 Å². The first-order valence-electron chi connectivity index (χ1n) is 6.36. The second kappa shape index (κ2) is 5.28. The molecule has 0 bridgehead atoms. The van der Waals surface area contributed by atoms with Gasteiger partial charge in [0, 0.05) is 5.52 Å². The highest BCUT2D eigenvalue weighted by Crippen LogP contribution is 2.20. The Hall–Kier alpha value is -2.82. The van der Waals surface area contributed by atoms with Crippen LogP contribution in [0.25, 0.3) is 10.9 Å². The number of fused-ring (bicyclic) bond motifs is 1. The number of carboxylic acid groups (broad SMARTS) is 1. The molecule has 2 aromatic carbocycles. The van der Waals surface area contributed by atoms with Crippen molar-refractivity contribution in [3.05, 3.63) is 65.6 Å². The molecule has 0 amide bonds. The van der Waals surface area contributed by atoms with Crippen molar-refractivity contribution in [3.8, 4) is 5.75 Å². The maximum absolute atomic E-state index is 13.4.